The van der Waals surface area contributed by atoms with Crippen molar-refractivity contribution >= 4 is 5.91 Å². The Morgan fingerprint density at radius 3 is 2.29 bits per heavy atom. The standard InChI is InChI=1S/C13H25N3O/c1-13(2,3)16-8-6-15(7-9-16)12(17)11-4-5-14-10-11/h11,14H,4-10H2,1-3H3. The highest BCUT2D eigenvalue weighted by Gasteiger charge is 2.31. The number of carbonyl (C=O) groups excluding carboxylic acids is 1. The van der Waals surface area contributed by atoms with Gasteiger partial charge in [0.2, 0.25) is 5.91 Å². The molecule has 2 saturated heterocycles. The van der Waals surface area contributed by atoms with Gasteiger partial charge in [-0.1, -0.05) is 0 Å². The lowest BCUT2D eigenvalue weighted by Gasteiger charge is -2.42. The van der Waals surface area contributed by atoms with Crippen LogP contribution in [0.5, 0.6) is 0 Å². The first-order chi connectivity index (χ1) is 7.98. The van der Waals surface area contributed by atoms with E-state index in [1.54, 1.807) is 0 Å². The Morgan fingerprint density at radius 2 is 1.82 bits per heavy atom. The van der Waals surface area contributed by atoms with Crippen LogP contribution in [-0.2, 0) is 4.79 Å². The van der Waals surface area contributed by atoms with E-state index in [1.807, 2.05) is 0 Å². The third kappa shape index (κ3) is 2.99. The maximum atomic E-state index is 12.2. The fourth-order valence-corrected chi connectivity index (χ4v) is 2.72. The molecule has 0 aromatic carbocycles. The fraction of sp³-hybridized carbons (Fsp3) is 0.923. The third-order valence-electron chi connectivity index (χ3n) is 3.95. The largest absolute Gasteiger partial charge is 0.340 e. The van der Waals surface area contributed by atoms with Gasteiger partial charge in [0.15, 0.2) is 0 Å². The van der Waals surface area contributed by atoms with Gasteiger partial charge < -0.3 is 10.2 Å². The number of nitrogens with one attached hydrogen (secondary N) is 1. The number of nitrogens with zero attached hydrogens (tertiary/aromatic N) is 2. The molecular formula is C13H25N3O. The number of hydrogen-bond acceptors (Lipinski definition) is 3. The van der Waals surface area contributed by atoms with Gasteiger partial charge in [-0.2, -0.15) is 0 Å². The Hall–Kier alpha value is -0.610. The molecule has 2 aliphatic rings. The van der Waals surface area contributed by atoms with E-state index in [1.165, 1.54) is 0 Å². The van der Waals surface area contributed by atoms with Gasteiger partial charge in [0, 0.05) is 38.3 Å². The summed E-state index contributed by atoms with van der Waals surface area (Å²) < 4.78 is 0. The van der Waals surface area contributed by atoms with Gasteiger partial charge in [-0.25, -0.2) is 0 Å². The second-order valence-electron chi connectivity index (χ2n) is 6.17. The van der Waals surface area contributed by atoms with Gasteiger partial charge >= 0.3 is 0 Å². The summed E-state index contributed by atoms with van der Waals surface area (Å²) in [5.41, 5.74) is 0.226. The molecule has 2 rings (SSSR count). The van der Waals surface area contributed by atoms with Crippen molar-refractivity contribution in [3.63, 3.8) is 0 Å². The van der Waals surface area contributed by atoms with Gasteiger partial charge in [-0.15, -0.1) is 0 Å². The van der Waals surface area contributed by atoms with Crippen LogP contribution in [-0.4, -0.2) is 60.5 Å². The molecule has 2 heterocycles. The zero-order chi connectivity index (χ0) is 12.5. The van der Waals surface area contributed by atoms with Crippen LogP contribution in [0.2, 0.25) is 0 Å². The first-order valence-corrected chi connectivity index (χ1v) is 6.73. The van der Waals surface area contributed by atoms with Crippen molar-refractivity contribution in [1.29, 1.82) is 0 Å². The number of amides is 1. The lowest BCUT2D eigenvalue weighted by atomic mass is 10.0. The first kappa shape index (κ1) is 12.8. The topological polar surface area (TPSA) is 35.6 Å². The van der Waals surface area contributed by atoms with E-state index in [2.05, 4.69) is 35.9 Å². The summed E-state index contributed by atoms with van der Waals surface area (Å²) >= 11 is 0. The quantitative estimate of drug-likeness (QED) is 0.725. The lowest BCUT2D eigenvalue weighted by molar-refractivity contribution is -0.137. The molecule has 0 spiro atoms. The van der Waals surface area contributed by atoms with Crippen LogP contribution in [0.4, 0.5) is 0 Å². The molecule has 2 aliphatic heterocycles. The molecule has 0 aromatic heterocycles. The van der Waals surface area contributed by atoms with Crippen LogP contribution in [0.3, 0.4) is 0 Å². The van der Waals surface area contributed by atoms with Gasteiger partial charge in [0.25, 0.3) is 0 Å². The Balaban J connectivity index is 1.84. The molecule has 1 unspecified atom stereocenters. The van der Waals surface area contributed by atoms with Crippen molar-refractivity contribution < 1.29 is 4.79 Å². The SMILES string of the molecule is CC(C)(C)N1CCN(C(=O)C2CCNC2)CC1. The Bertz CT molecular complexity index is 271. The van der Waals surface area contributed by atoms with Gasteiger partial charge in [-0.3, -0.25) is 9.69 Å². The predicted octanol–water partition coefficient (Wildman–Crippen LogP) is 0.539. The molecule has 0 aliphatic carbocycles. The zero-order valence-electron chi connectivity index (χ0n) is 11.3. The summed E-state index contributed by atoms with van der Waals surface area (Å²) in [6.07, 6.45) is 1.01. The molecule has 0 aromatic rings. The maximum Gasteiger partial charge on any atom is 0.227 e. The van der Waals surface area contributed by atoms with Crippen molar-refractivity contribution in [2.45, 2.75) is 32.7 Å². The minimum absolute atomic E-state index is 0.226. The van der Waals surface area contributed by atoms with Crippen LogP contribution in [0.1, 0.15) is 27.2 Å². The minimum atomic E-state index is 0.226. The van der Waals surface area contributed by atoms with Crippen molar-refractivity contribution in [2.24, 2.45) is 5.92 Å². The second-order valence-corrected chi connectivity index (χ2v) is 6.17. The summed E-state index contributed by atoms with van der Waals surface area (Å²) in [6, 6.07) is 0. The summed E-state index contributed by atoms with van der Waals surface area (Å²) in [5.74, 6) is 0.597. The van der Waals surface area contributed by atoms with Crippen LogP contribution in [0.15, 0.2) is 0 Å². The molecule has 1 atom stereocenters. The van der Waals surface area contributed by atoms with E-state index in [4.69, 9.17) is 0 Å². The Kier molecular flexibility index (Phi) is 3.73. The third-order valence-corrected chi connectivity index (χ3v) is 3.95. The average Bonchev–Trinajstić information content (AvgIpc) is 2.80. The van der Waals surface area contributed by atoms with Crippen LogP contribution < -0.4 is 5.32 Å². The number of rotatable bonds is 1. The molecule has 1 N–H and O–H groups in total. The summed E-state index contributed by atoms with van der Waals surface area (Å²) in [7, 11) is 0. The molecule has 0 saturated carbocycles. The monoisotopic (exact) mass is 239 g/mol. The van der Waals surface area contributed by atoms with Crippen LogP contribution in [0, 0.1) is 5.92 Å². The molecule has 1 amide bonds. The molecule has 0 bridgehead atoms. The number of carbonyl (C=O) groups is 1. The summed E-state index contributed by atoms with van der Waals surface area (Å²) in [5, 5.41) is 3.27. The minimum Gasteiger partial charge on any atom is -0.340 e. The van der Waals surface area contributed by atoms with E-state index in [0.717, 1.165) is 45.7 Å². The van der Waals surface area contributed by atoms with E-state index in [9.17, 15) is 4.79 Å². The molecule has 4 nitrogen and oxygen atoms in total. The first-order valence-electron chi connectivity index (χ1n) is 6.73. The highest BCUT2D eigenvalue weighted by Crippen LogP contribution is 2.18. The van der Waals surface area contributed by atoms with Gasteiger partial charge in [0.1, 0.15) is 0 Å². The highest BCUT2D eigenvalue weighted by atomic mass is 16.2. The van der Waals surface area contributed by atoms with Crippen LogP contribution in [0.25, 0.3) is 0 Å². The highest BCUT2D eigenvalue weighted by molar-refractivity contribution is 5.79. The molecule has 2 fully saturated rings. The number of hydrogen-bond donors (Lipinski definition) is 1. The van der Waals surface area contributed by atoms with Crippen molar-refractivity contribution in [2.75, 3.05) is 39.3 Å². The van der Waals surface area contributed by atoms with Crippen molar-refractivity contribution in [3.8, 4) is 0 Å². The summed E-state index contributed by atoms with van der Waals surface area (Å²) in [6.45, 7) is 12.4. The van der Waals surface area contributed by atoms with E-state index in [-0.39, 0.29) is 11.5 Å². The van der Waals surface area contributed by atoms with Crippen molar-refractivity contribution in [1.82, 2.24) is 15.1 Å². The van der Waals surface area contributed by atoms with E-state index < -0.39 is 0 Å². The Morgan fingerprint density at radius 1 is 1.18 bits per heavy atom. The van der Waals surface area contributed by atoms with Gasteiger partial charge in [0.05, 0.1) is 5.92 Å². The van der Waals surface area contributed by atoms with E-state index in [0.29, 0.717) is 5.91 Å². The summed E-state index contributed by atoms with van der Waals surface area (Å²) in [4.78, 5) is 16.7. The maximum absolute atomic E-state index is 12.2. The molecule has 17 heavy (non-hydrogen) atoms. The second kappa shape index (κ2) is 4.94. The smallest absolute Gasteiger partial charge is 0.227 e. The number of piperazine rings is 1. The molecule has 0 radical (unpaired) electrons. The molecule has 4 heteroatoms. The zero-order valence-corrected chi connectivity index (χ0v) is 11.3. The van der Waals surface area contributed by atoms with Crippen LogP contribution >= 0.6 is 0 Å². The van der Waals surface area contributed by atoms with Gasteiger partial charge in [-0.05, 0) is 33.7 Å². The fourth-order valence-electron chi connectivity index (χ4n) is 2.72. The Labute approximate surface area is 104 Å². The lowest BCUT2D eigenvalue weighted by Crippen LogP contribution is -2.55. The normalized spacial score (nSPS) is 27.5. The molecule has 98 valence electrons. The average molecular weight is 239 g/mol. The van der Waals surface area contributed by atoms with E-state index >= 15 is 0 Å². The van der Waals surface area contributed by atoms with Crippen molar-refractivity contribution in [3.05, 3.63) is 0 Å². The molecular weight excluding hydrogens is 214 g/mol. The predicted molar refractivity (Wildman–Crippen MR) is 68.9 cm³/mol.